The van der Waals surface area contributed by atoms with E-state index in [4.69, 9.17) is 4.74 Å². The second-order valence-electron chi connectivity index (χ2n) is 4.33. The lowest BCUT2D eigenvalue weighted by atomic mass is 10.1. The van der Waals surface area contributed by atoms with Crippen LogP contribution >= 0.6 is 15.9 Å². The van der Waals surface area contributed by atoms with Gasteiger partial charge in [-0.1, -0.05) is 34.1 Å². The van der Waals surface area contributed by atoms with E-state index in [9.17, 15) is 5.26 Å². The summed E-state index contributed by atoms with van der Waals surface area (Å²) in [5, 5.41) is 10.1. The molecule has 20 heavy (non-hydrogen) atoms. The van der Waals surface area contributed by atoms with Crippen molar-refractivity contribution in [3.63, 3.8) is 0 Å². The number of methoxy groups -OCH3 is 1. The van der Waals surface area contributed by atoms with E-state index in [1.807, 2.05) is 54.4 Å². The standard InChI is InChI=1S/C16H15BrN2O/c1-19(15-5-3-4-6-16(15)20-2)14-8-7-12(10-17)9-13(14)11-18/h3-9H,10H2,1-2H3. The number of hydrogen-bond acceptors (Lipinski definition) is 3. The Morgan fingerprint density at radius 3 is 2.60 bits per heavy atom. The summed E-state index contributed by atoms with van der Waals surface area (Å²) in [4.78, 5) is 1.97. The molecule has 0 heterocycles. The lowest BCUT2D eigenvalue weighted by molar-refractivity contribution is 0.415. The van der Waals surface area contributed by atoms with Gasteiger partial charge in [-0.3, -0.25) is 0 Å². The summed E-state index contributed by atoms with van der Waals surface area (Å²) in [7, 11) is 3.58. The molecule has 0 fully saturated rings. The number of ether oxygens (including phenoxy) is 1. The monoisotopic (exact) mass is 330 g/mol. The molecular weight excluding hydrogens is 316 g/mol. The smallest absolute Gasteiger partial charge is 0.142 e. The zero-order valence-corrected chi connectivity index (χ0v) is 13.0. The molecule has 4 heteroatoms. The van der Waals surface area contributed by atoms with E-state index in [1.165, 1.54) is 0 Å². The third-order valence-electron chi connectivity index (χ3n) is 3.14. The van der Waals surface area contributed by atoms with Crippen molar-refractivity contribution >= 4 is 27.3 Å². The zero-order chi connectivity index (χ0) is 14.5. The minimum atomic E-state index is 0.648. The molecule has 0 aliphatic carbocycles. The lowest BCUT2D eigenvalue weighted by Gasteiger charge is -2.23. The first kappa shape index (κ1) is 14.4. The summed E-state index contributed by atoms with van der Waals surface area (Å²) < 4.78 is 5.37. The topological polar surface area (TPSA) is 36.3 Å². The predicted molar refractivity (Wildman–Crippen MR) is 84.8 cm³/mol. The first-order valence-electron chi connectivity index (χ1n) is 6.17. The van der Waals surface area contributed by atoms with Crippen LogP contribution in [0.2, 0.25) is 0 Å². The quantitative estimate of drug-likeness (QED) is 0.787. The highest BCUT2D eigenvalue weighted by Crippen LogP contribution is 2.34. The van der Waals surface area contributed by atoms with Gasteiger partial charge in [0, 0.05) is 12.4 Å². The van der Waals surface area contributed by atoms with Crippen molar-refractivity contribution in [1.29, 1.82) is 5.26 Å². The number of hydrogen-bond donors (Lipinski definition) is 0. The van der Waals surface area contributed by atoms with Crippen molar-refractivity contribution in [1.82, 2.24) is 0 Å². The summed E-state index contributed by atoms with van der Waals surface area (Å²) in [6.07, 6.45) is 0. The van der Waals surface area contributed by atoms with Crippen LogP contribution in [0.3, 0.4) is 0 Å². The van der Waals surface area contributed by atoms with E-state index < -0.39 is 0 Å². The van der Waals surface area contributed by atoms with Gasteiger partial charge in [0.05, 0.1) is 24.0 Å². The molecule has 0 bridgehead atoms. The van der Waals surface area contributed by atoms with Gasteiger partial charge in [0.1, 0.15) is 11.8 Å². The second-order valence-corrected chi connectivity index (χ2v) is 4.89. The number of halogens is 1. The normalized spacial score (nSPS) is 9.90. The summed E-state index contributed by atoms with van der Waals surface area (Å²) in [5.74, 6) is 0.781. The number of nitrogens with zero attached hydrogens (tertiary/aromatic N) is 2. The minimum absolute atomic E-state index is 0.648. The predicted octanol–water partition coefficient (Wildman–Crippen LogP) is 4.23. The van der Waals surface area contributed by atoms with Crippen molar-refractivity contribution in [2.45, 2.75) is 5.33 Å². The summed E-state index contributed by atoms with van der Waals surface area (Å²) in [5.41, 5.74) is 3.52. The van der Waals surface area contributed by atoms with Gasteiger partial charge in [-0.25, -0.2) is 0 Å². The second kappa shape index (κ2) is 6.44. The van der Waals surface area contributed by atoms with Crippen LogP contribution in [0.15, 0.2) is 42.5 Å². The third-order valence-corrected chi connectivity index (χ3v) is 3.79. The number of para-hydroxylation sites is 2. The average molecular weight is 331 g/mol. The van der Waals surface area contributed by atoms with E-state index in [0.29, 0.717) is 5.56 Å². The van der Waals surface area contributed by atoms with Crippen LogP contribution in [-0.2, 0) is 5.33 Å². The van der Waals surface area contributed by atoms with Gasteiger partial charge in [-0.05, 0) is 29.8 Å². The van der Waals surface area contributed by atoms with Gasteiger partial charge < -0.3 is 9.64 Å². The first-order chi connectivity index (χ1) is 9.71. The number of alkyl halides is 1. The SMILES string of the molecule is COc1ccccc1N(C)c1ccc(CBr)cc1C#N. The van der Waals surface area contributed by atoms with Crippen LogP contribution < -0.4 is 9.64 Å². The molecule has 2 aromatic rings. The van der Waals surface area contributed by atoms with Crippen molar-refractivity contribution in [2.75, 3.05) is 19.1 Å². The Balaban J connectivity index is 2.48. The molecule has 3 nitrogen and oxygen atoms in total. The molecule has 0 saturated heterocycles. The van der Waals surface area contributed by atoms with Crippen molar-refractivity contribution in [2.24, 2.45) is 0 Å². The largest absolute Gasteiger partial charge is 0.495 e. The van der Waals surface area contributed by atoms with E-state index in [1.54, 1.807) is 7.11 Å². The van der Waals surface area contributed by atoms with Crippen LogP contribution in [0.4, 0.5) is 11.4 Å². The van der Waals surface area contributed by atoms with Crippen LogP contribution in [0, 0.1) is 11.3 Å². The van der Waals surface area contributed by atoms with Crippen LogP contribution in [-0.4, -0.2) is 14.2 Å². The van der Waals surface area contributed by atoms with Gasteiger partial charge >= 0.3 is 0 Å². The van der Waals surface area contributed by atoms with E-state index in [0.717, 1.165) is 28.0 Å². The highest BCUT2D eigenvalue weighted by Gasteiger charge is 2.13. The van der Waals surface area contributed by atoms with Gasteiger partial charge in [-0.2, -0.15) is 5.26 Å². The molecule has 0 atom stereocenters. The van der Waals surface area contributed by atoms with E-state index in [2.05, 4.69) is 22.0 Å². The van der Waals surface area contributed by atoms with E-state index in [-0.39, 0.29) is 0 Å². The molecule has 0 aliphatic rings. The number of rotatable bonds is 4. The summed E-state index contributed by atoms with van der Waals surface area (Å²) >= 11 is 3.41. The van der Waals surface area contributed by atoms with Crippen molar-refractivity contribution in [3.8, 4) is 11.8 Å². The average Bonchev–Trinajstić information content (AvgIpc) is 2.53. The molecule has 0 spiro atoms. The Morgan fingerprint density at radius 1 is 1.20 bits per heavy atom. The highest BCUT2D eigenvalue weighted by molar-refractivity contribution is 9.08. The molecule has 0 aromatic heterocycles. The Kier molecular flexibility index (Phi) is 4.65. The molecule has 0 aliphatic heterocycles. The Hall–Kier alpha value is -1.99. The summed E-state index contributed by atoms with van der Waals surface area (Å²) in [6, 6.07) is 15.9. The van der Waals surface area contributed by atoms with Crippen LogP contribution in [0.25, 0.3) is 0 Å². The summed E-state index contributed by atoms with van der Waals surface area (Å²) in [6.45, 7) is 0. The fourth-order valence-electron chi connectivity index (χ4n) is 2.08. The minimum Gasteiger partial charge on any atom is -0.495 e. The van der Waals surface area contributed by atoms with Crippen molar-refractivity contribution < 1.29 is 4.74 Å². The fourth-order valence-corrected chi connectivity index (χ4v) is 2.43. The first-order valence-corrected chi connectivity index (χ1v) is 7.29. The van der Waals surface area contributed by atoms with Crippen LogP contribution in [0.1, 0.15) is 11.1 Å². The Labute approximate surface area is 127 Å². The molecule has 0 amide bonds. The molecule has 0 saturated carbocycles. The maximum Gasteiger partial charge on any atom is 0.142 e. The highest BCUT2D eigenvalue weighted by atomic mass is 79.9. The van der Waals surface area contributed by atoms with E-state index >= 15 is 0 Å². The number of benzene rings is 2. The molecule has 0 unspecified atom stereocenters. The van der Waals surface area contributed by atoms with Gasteiger partial charge in [-0.15, -0.1) is 0 Å². The maximum atomic E-state index is 9.34. The molecule has 0 N–H and O–H groups in total. The number of nitriles is 1. The maximum absolute atomic E-state index is 9.34. The Morgan fingerprint density at radius 2 is 1.95 bits per heavy atom. The van der Waals surface area contributed by atoms with Gasteiger partial charge in [0.15, 0.2) is 0 Å². The molecule has 0 radical (unpaired) electrons. The lowest BCUT2D eigenvalue weighted by Crippen LogP contribution is -2.12. The fraction of sp³-hybridized carbons (Fsp3) is 0.188. The zero-order valence-electron chi connectivity index (χ0n) is 11.4. The third kappa shape index (κ3) is 2.78. The van der Waals surface area contributed by atoms with Gasteiger partial charge in [0.2, 0.25) is 0 Å². The molecular formula is C16H15BrN2O. The van der Waals surface area contributed by atoms with Crippen LogP contribution in [0.5, 0.6) is 5.75 Å². The van der Waals surface area contributed by atoms with Gasteiger partial charge in [0.25, 0.3) is 0 Å². The molecule has 2 aromatic carbocycles. The molecule has 2 rings (SSSR count). The van der Waals surface area contributed by atoms with Crippen molar-refractivity contribution in [3.05, 3.63) is 53.6 Å². The molecule has 102 valence electrons. The number of anilines is 2. The Bertz CT molecular complexity index is 649.